The third kappa shape index (κ3) is 5.28. The Balaban J connectivity index is 0.00000300. The minimum Gasteiger partial charge on any atom is -0.379 e. The Morgan fingerprint density at radius 1 is 1.14 bits per heavy atom. The van der Waals surface area contributed by atoms with Crippen LogP contribution in [0.3, 0.4) is 0 Å². The topological polar surface area (TPSA) is 113 Å². The monoisotopic (exact) mass is 467 g/mol. The van der Waals surface area contributed by atoms with Gasteiger partial charge in [-0.2, -0.15) is 0 Å². The van der Waals surface area contributed by atoms with Crippen molar-refractivity contribution in [2.45, 2.75) is 25.2 Å². The van der Waals surface area contributed by atoms with Gasteiger partial charge in [0.2, 0.25) is 26.0 Å². The molecule has 1 aromatic rings. The Labute approximate surface area is 177 Å². The van der Waals surface area contributed by atoms with Crippen LogP contribution in [0.5, 0.6) is 0 Å². The van der Waals surface area contributed by atoms with Gasteiger partial charge >= 0.3 is 0 Å². The van der Waals surface area contributed by atoms with Gasteiger partial charge in [-0.3, -0.25) is 9.69 Å². The second-order valence-corrected chi connectivity index (χ2v) is 10.6. The molecule has 1 amide bonds. The van der Waals surface area contributed by atoms with Gasteiger partial charge in [0.15, 0.2) is 0 Å². The number of carbonyl (C=O) groups excluding carboxylic acids is 1. The van der Waals surface area contributed by atoms with Crippen molar-refractivity contribution >= 4 is 44.0 Å². The summed E-state index contributed by atoms with van der Waals surface area (Å²) < 4.78 is 58.5. The molecule has 12 heteroatoms. The third-order valence-corrected chi connectivity index (χ3v) is 8.31. The van der Waals surface area contributed by atoms with Gasteiger partial charge < -0.3 is 4.74 Å². The molecule has 9 nitrogen and oxygen atoms in total. The molecule has 0 unspecified atom stereocenters. The van der Waals surface area contributed by atoms with Crippen molar-refractivity contribution in [1.82, 2.24) is 9.62 Å². The standard InChI is InChI=1S/C17H25N3O6S2.ClH/c1-13-11-15(20-16(21)3-10-27(20,22)23)12-14(2)17(13)28(24,25)18-4-5-19-6-8-26-9-7-19;/h11-12,18H,3-10H2,1-2H3;1H. The van der Waals surface area contributed by atoms with Crippen LogP contribution in [0.1, 0.15) is 17.5 Å². The molecule has 2 heterocycles. The van der Waals surface area contributed by atoms with E-state index in [1.807, 2.05) is 0 Å². The van der Waals surface area contributed by atoms with Crippen LogP contribution in [0.25, 0.3) is 0 Å². The molecule has 1 N–H and O–H groups in total. The van der Waals surface area contributed by atoms with Crippen molar-refractivity contribution in [1.29, 1.82) is 0 Å². The molecule has 2 aliphatic rings. The number of nitrogens with zero attached hydrogens (tertiary/aromatic N) is 2. The van der Waals surface area contributed by atoms with Crippen LogP contribution in [0.15, 0.2) is 17.0 Å². The third-order valence-electron chi connectivity index (χ3n) is 4.85. The number of anilines is 1. The highest BCUT2D eigenvalue weighted by Crippen LogP contribution is 2.31. The van der Waals surface area contributed by atoms with Gasteiger partial charge in [-0.05, 0) is 37.1 Å². The molecule has 2 fully saturated rings. The number of carbonyl (C=O) groups is 1. The quantitative estimate of drug-likeness (QED) is 0.644. The molecule has 0 atom stereocenters. The Morgan fingerprint density at radius 3 is 2.24 bits per heavy atom. The largest absolute Gasteiger partial charge is 0.379 e. The second kappa shape index (κ2) is 9.27. The van der Waals surface area contributed by atoms with E-state index in [4.69, 9.17) is 4.74 Å². The molecular weight excluding hydrogens is 442 g/mol. The van der Waals surface area contributed by atoms with Crippen LogP contribution in [-0.2, 0) is 29.6 Å². The molecule has 2 aliphatic heterocycles. The van der Waals surface area contributed by atoms with Gasteiger partial charge in [-0.25, -0.2) is 25.9 Å². The number of benzene rings is 1. The summed E-state index contributed by atoms with van der Waals surface area (Å²) in [6, 6.07) is 2.87. The number of morpholine rings is 1. The lowest BCUT2D eigenvalue weighted by atomic mass is 10.1. The fourth-order valence-corrected chi connectivity index (χ4v) is 6.49. The number of hydrogen-bond donors (Lipinski definition) is 1. The molecule has 164 valence electrons. The van der Waals surface area contributed by atoms with E-state index in [9.17, 15) is 21.6 Å². The van der Waals surface area contributed by atoms with E-state index in [1.54, 1.807) is 13.8 Å². The van der Waals surface area contributed by atoms with Gasteiger partial charge in [-0.15, -0.1) is 12.4 Å². The number of sulfonamides is 2. The first-order valence-electron chi connectivity index (χ1n) is 9.09. The maximum absolute atomic E-state index is 12.8. The lowest BCUT2D eigenvalue weighted by molar-refractivity contribution is -0.116. The summed E-state index contributed by atoms with van der Waals surface area (Å²) in [5.41, 5.74) is 0.970. The highest BCUT2D eigenvalue weighted by molar-refractivity contribution is 7.94. The van der Waals surface area contributed by atoms with Crippen molar-refractivity contribution in [3.05, 3.63) is 23.3 Å². The number of rotatable bonds is 6. The average molecular weight is 468 g/mol. The molecule has 3 rings (SSSR count). The van der Waals surface area contributed by atoms with Crippen LogP contribution in [0.2, 0.25) is 0 Å². The van der Waals surface area contributed by atoms with E-state index in [2.05, 4.69) is 9.62 Å². The summed E-state index contributed by atoms with van der Waals surface area (Å²) in [6.45, 7) is 6.87. The summed E-state index contributed by atoms with van der Waals surface area (Å²) in [5.74, 6) is -0.731. The lowest BCUT2D eigenvalue weighted by Gasteiger charge is -2.26. The van der Waals surface area contributed by atoms with Crippen LogP contribution < -0.4 is 9.03 Å². The first-order valence-corrected chi connectivity index (χ1v) is 12.2. The first-order chi connectivity index (χ1) is 13.1. The fourth-order valence-electron chi connectivity index (χ4n) is 3.57. The van der Waals surface area contributed by atoms with Gasteiger partial charge in [0.25, 0.3) is 0 Å². The number of amides is 1. The number of hydrogen-bond acceptors (Lipinski definition) is 7. The average Bonchev–Trinajstić information content (AvgIpc) is 2.87. The Kier molecular flexibility index (Phi) is 7.68. The molecule has 0 aromatic heterocycles. The summed E-state index contributed by atoms with van der Waals surface area (Å²) >= 11 is 0. The Hall–Kier alpha value is -1.24. The van der Waals surface area contributed by atoms with Crippen LogP contribution in [0.4, 0.5) is 5.69 Å². The highest BCUT2D eigenvalue weighted by Gasteiger charge is 2.37. The fraction of sp³-hybridized carbons (Fsp3) is 0.588. The number of halogens is 1. The van der Waals surface area contributed by atoms with Crippen LogP contribution in [0, 0.1) is 13.8 Å². The molecule has 2 saturated heterocycles. The molecule has 0 aliphatic carbocycles. The Morgan fingerprint density at radius 2 is 1.72 bits per heavy atom. The van der Waals surface area contributed by atoms with E-state index in [-0.39, 0.29) is 41.7 Å². The van der Waals surface area contributed by atoms with Crippen LogP contribution >= 0.6 is 12.4 Å². The van der Waals surface area contributed by atoms with Crippen molar-refractivity contribution in [3.8, 4) is 0 Å². The van der Waals surface area contributed by atoms with E-state index < -0.39 is 26.0 Å². The minimum absolute atomic E-state index is 0. The number of ether oxygens (including phenoxy) is 1. The Bertz CT molecular complexity index is 952. The van der Waals surface area contributed by atoms with Crippen molar-refractivity contribution in [2.24, 2.45) is 0 Å². The van der Waals surface area contributed by atoms with Crippen LogP contribution in [-0.4, -0.2) is 72.8 Å². The normalized spacial score (nSPS) is 19.9. The van der Waals surface area contributed by atoms with Crippen molar-refractivity contribution < 1.29 is 26.4 Å². The number of aryl methyl sites for hydroxylation is 2. The van der Waals surface area contributed by atoms with Gasteiger partial charge in [0, 0.05) is 32.6 Å². The van der Waals surface area contributed by atoms with Crippen molar-refractivity contribution in [2.75, 3.05) is 49.5 Å². The lowest BCUT2D eigenvalue weighted by Crippen LogP contribution is -2.41. The summed E-state index contributed by atoms with van der Waals surface area (Å²) in [7, 11) is -7.46. The zero-order chi connectivity index (χ0) is 20.5. The second-order valence-electron chi connectivity index (χ2n) is 6.98. The highest BCUT2D eigenvalue weighted by atomic mass is 35.5. The molecule has 0 radical (unpaired) electrons. The molecular formula is C17H26ClN3O6S2. The minimum atomic E-state index is -3.77. The SMILES string of the molecule is Cc1cc(N2C(=O)CCS2(=O)=O)cc(C)c1S(=O)(=O)NCCN1CCOCC1.Cl. The smallest absolute Gasteiger partial charge is 0.242 e. The predicted molar refractivity (Wildman–Crippen MR) is 112 cm³/mol. The molecule has 1 aromatic carbocycles. The first kappa shape index (κ1) is 24.0. The van der Waals surface area contributed by atoms with E-state index >= 15 is 0 Å². The summed E-state index contributed by atoms with van der Waals surface area (Å²) in [6.07, 6.45) is -0.0659. The van der Waals surface area contributed by atoms with E-state index in [0.29, 0.717) is 30.9 Å². The zero-order valence-corrected chi connectivity index (χ0v) is 18.8. The maximum Gasteiger partial charge on any atom is 0.242 e. The van der Waals surface area contributed by atoms with Gasteiger partial charge in [0.1, 0.15) is 0 Å². The van der Waals surface area contributed by atoms with E-state index in [0.717, 1.165) is 17.4 Å². The van der Waals surface area contributed by atoms with Gasteiger partial charge in [-0.1, -0.05) is 0 Å². The summed E-state index contributed by atoms with van der Waals surface area (Å²) in [5, 5.41) is 0. The maximum atomic E-state index is 12.8. The van der Waals surface area contributed by atoms with Crippen molar-refractivity contribution in [3.63, 3.8) is 0 Å². The summed E-state index contributed by atoms with van der Waals surface area (Å²) in [4.78, 5) is 14.2. The molecule has 0 bridgehead atoms. The molecule has 0 spiro atoms. The van der Waals surface area contributed by atoms with E-state index in [1.165, 1.54) is 12.1 Å². The predicted octanol–water partition coefficient (Wildman–Crippen LogP) is 0.402. The number of nitrogens with one attached hydrogen (secondary N) is 1. The molecule has 29 heavy (non-hydrogen) atoms. The zero-order valence-electron chi connectivity index (χ0n) is 16.4. The molecule has 0 saturated carbocycles. The van der Waals surface area contributed by atoms with Gasteiger partial charge in [0.05, 0.1) is 29.5 Å².